The highest BCUT2D eigenvalue weighted by Gasteiger charge is 2.30. The Kier molecular flexibility index (Phi) is 5.35. The molecule has 0 saturated carbocycles. The predicted molar refractivity (Wildman–Crippen MR) is 116 cm³/mol. The maximum Gasteiger partial charge on any atom is 0.161 e. The molecule has 1 fully saturated rings. The normalized spacial score (nSPS) is 22.5. The molecule has 0 aliphatic carbocycles. The van der Waals surface area contributed by atoms with E-state index in [1.807, 2.05) is 36.5 Å². The quantitative estimate of drug-likeness (QED) is 0.698. The summed E-state index contributed by atoms with van der Waals surface area (Å²) in [6.07, 6.45) is 3.03. The van der Waals surface area contributed by atoms with Crippen molar-refractivity contribution < 1.29 is 13.9 Å². The van der Waals surface area contributed by atoms with Gasteiger partial charge in [-0.05, 0) is 49.2 Å². The fourth-order valence-corrected chi connectivity index (χ4v) is 4.45. The van der Waals surface area contributed by atoms with Crippen LogP contribution in [-0.2, 0) is 6.42 Å². The number of hydrogen-bond acceptors (Lipinski definition) is 4. The molecule has 1 saturated heterocycles. The number of rotatable bonds is 5. The molecule has 6 heteroatoms. The molecule has 158 valence electrons. The van der Waals surface area contributed by atoms with E-state index in [9.17, 15) is 4.39 Å². The Bertz CT molecular complexity index is 1010. The molecule has 1 N–H and O–H groups in total. The molecule has 2 atom stereocenters. The lowest BCUT2D eigenvalue weighted by Crippen LogP contribution is -2.52. The van der Waals surface area contributed by atoms with Crippen molar-refractivity contribution in [1.29, 1.82) is 0 Å². The second kappa shape index (κ2) is 8.28. The van der Waals surface area contributed by atoms with Crippen LogP contribution in [0.2, 0.25) is 0 Å². The number of ether oxygens (including phenoxy) is 2. The number of fused-ring (bicyclic) bond motifs is 2. The second-order valence-electron chi connectivity index (χ2n) is 8.32. The van der Waals surface area contributed by atoms with Gasteiger partial charge in [-0.1, -0.05) is 12.1 Å². The smallest absolute Gasteiger partial charge is 0.161 e. The highest BCUT2D eigenvalue weighted by molar-refractivity contribution is 5.83. The molecule has 0 amide bonds. The Morgan fingerprint density at radius 3 is 2.53 bits per heavy atom. The Morgan fingerprint density at radius 2 is 1.73 bits per heavy atom. The summed E-state index contributed by atoms with van der Waals surface area (Å²) in [6.45, 7) is 8.08. The van der Waals surface area contributed by atoms with E-state index in [4.69, 9.17) is 9.47 Å². The lowest BCUT2D eigenvalue weighted by atomic mass is 10.1. The summed E-state index contributed by atoms with van der Waals surface area (Å²) in [5.41, 5.74) is 2.19. The lowest BCUT2D eigenvalue weighted by Gasteiger charge is -2.39. The molecule has 2 aliphatic heterocycles. The summed E-state index contributed by atoms with van der Waals surface area (Å²) in [4.78, 5) is 8.21. The van der Waals surface area contributed by atoms with Crippen molar-refractivity contribution in [3.8, 4) is 11.5 Å². The average Bonchev–Trinajstić information content (AvgIpc) is 3.16. The first kappa shape index (κ1) is 19.4. The zero-order valence-electron chi connectivity index (χ0n) is 17.3. The number of H-pyrrole nitrogens is 1. The second-order valence-corrected chi connectivity index (χ2v) is 8.32. The average molecular weight is 410 g/mol. The molecular formula is C24H28FN3O2. The van der Waals surface area contributed by atoms with Crippen molar-refractivity contribution >= 4 is 10.9 Å². The van der Waals surface area contributed by atoms with Crippen molar-refractivity contribution in [2.75, 3.05) is 39.3 Å². The molecule has 0 bridgehead atoms. The van der Waals surface area contributed by atoms with Crippen molar-refractivity contribution in [3.05, 3.63) is 60.0 Å². The number of halogens is 1. The number of nitrogens with zero attached hydrogens (tertiary/aromatic N) is 2. The number of aromatic amines is 1. The van der Waals surface area contributed by atoms with E-state index < -0.39 is 0 Å². The van der Waals surface area contributed by atoms with Gasteiger partial charge in [0.15, 0.2) is 11.5 Å². The van der Waals surface area contributed by atoms with Gasteiger partial charge in [-0.25, -0.2) is 4.39 Å². The molecule has 2 aliphatic rings. The Morgan fingerprint density at radius 1 is 1.00 bits per heavy atom. The first-order chi connectivity index (χ1) is 14.7. The van der Waals surface area contributed by atoms with E-state index in [1.165, 1.54) is 11.6 Å². The van der Waals surface area contributed by atoms with Gasteiger partial charge in [-0.3, -0.25) is 4.90 Å². The highest BCUT2D eigenvalue weighted by Crippen LogP contribution is 2.33. The van der Waals surface area contributed by atoms with Crippen molar-refractivity contribution in [3.63, 3.8) is 0 Å². The summed E-state index contributed by atoms with van der Waals surface area (Å²) in [6, 6.07) is 12.8. The summed E-state index contributed by atoms with van der Waals surface area (Å²) in [5.74, 6) is 1.50. The first-order valence-electron chi connectivity index (χ1n) is 10.8. The monoisotopic (exact) mass is 409 g/mol. The van der Waals surface area contributed by atoms with Gasteiger partial charge in [-0.15, -0.1) is 0 Å². The van der Waals surface area contributed by atoms with E-state index >= 15 is 0 Å². The molecule has 30 heavy (non-hydrogen) atoms. The van der Waals surface area contributed by atoms with Gasteiger partial charge in [0.25, 0.3) is 0 Å². The maximum atomic E-state index is 13.6. The largest absolute Gasteiger partial charge is 0.483 e. The van der Waals surface area contributed by atoms with Gasteiger partial charge in [0.1, 0.15) is 18.0 Å². The van der Waals surface area contributed by atoms with Crippen LogP contribution in [0.15, 0.2) is 48.7 Å². The van der Waals surface area contributed by atoms with Crippen molar-refractivity contribution in [1.82, 2.24) is 14.8 Å². The predicted octanol–water partition coefficient (Wildman–Crippen LogP) is 3.70. The molecule has 2 unspecified atom stereocenters. The highest BCUT2D eigenvalue weighted by atomic mass is 19.1. The number of hydrogen-bond donors (Lipinski definition) is 1. The standard InChI is InChI=1S/C24H28FN3O2/c1-17-24(30-23-5-3-2-4-22(23)29-17)16-28-12-10-27(11-13-28)9-8-18-15-26-21-7-6-19(25)14-20(18)21/h2-7,14-15,17,24,26H,8-13,16H2,1H3. The van der Waals surface area contributed by atoms with Crippen LogP contribution in [-0.4, -0.2) is 66.3 Å². The topological polar surface area (TPSA) is 40.7 Å². The molecule has 3 heterocycles. The maximum absolute atomic E-state index is 13.6. The summed E-state index contributed by atoms with van der Waals surface area (Å²) in [7, 11) is 0. The Balaban J connectivity index is 1.12. The number of benzene rings is 2. The van der Waals surface area contributed by atoms with Crippen molar-refractivity contribution in [2.24, 2.45) is 0 Å². The SMILES string of the molecule is CC1Oc2ccccc2OC1CN1CCN(CCc2c[nH]c3ccc(F)cc23)CC1. The van der Waals surface area contributed by atoms with Crippen LogP contribution >= 0.6 is 0 Å². The number of piperazine rings is 1. The summed E-state index contributed by atoms with van der Waals surface area (Å²) in [5, 5.41) is 0.998. The zero-order chi connectivity index (χ0) is 20.5. The minimum atomic E-state index is -0.178. The first-order valence-corrected chi connectivity index (χ1v) is 10.8. The van der Waals surface area contributed by atoms with Gasteiger partial charge < -0.3 is 19.4 Å². The van der Waals surface area contributed by atoms with E-state index in [0.717, 1.165) is 68.1 Å². The third-order valence-corrected chi connectivity index (χ3v) is 6.29. The van der Waals surface area contributed by atoms with Crippen LogP contribution in [0.4, 0.5) is 4.39 Å². The number of nitrogens with one attached hydrogen (secondary N) is 1. The molecular weight excluding hydrogens is 381 g/mol. The summed E-state index contributed by atoms with van der Waals surface area (Å²) >= 11 is 0. The molecule has 0 spiro atoms. The van der Waals surface area contributed by atoms with E-state index in [2.05, 4.69) is 21.7 Å². The third kappa shape index (κ3) is 4.02. The van der Waals surface area contributed by atoms with Gasteiger partial charge >= 0.3 is 0 Å². The molecule has 3 aromatic rings. The molecule has 0 radical (unpaired) electrons. The van der Waals surface area contributed by atoms with Gasteiger partial charge in [-0.2, -0.15) is 0 Å². The van der Waals surface area contributed by atoms with Crippen LogP contribution < -0.4 is 9.47 Å². The van der Waals surface area contributed by atoms with Gasteiger partial charge in [0, 0.05) is 56.4 Å². The van der Waals surface area contributed by atoms with Crippen LogP contribution in [0.5, 0.6) is 11.5 Å². The van der Waals surface area contributed by atoms with E-state index in [0.29, 0.717) is 0 Å². The van der Waals surface area contributed by atoms with E-state index in [1.54, 1.807) is 6.07 Å². The third-order valence-electron chi connectivity index (χ3n) is 6.29. The van der Waals surface area contributed by atoms with Gasteiger partial charge in [0.2, 0.25) is 0 Å². The van der Waals surface area contributed by atoms with Crippen molar-refractivity contribution in [2.45, 2.75) is 25.6 Å². The molecule has 5 rings (SSSR count). The number of aromatic nitrogens is 1. The lowest BCUT2D eigenvalue weighted by molar-refractivity contribution is -0.000110. The van der Waals surface area contributed by atoms with E-state index in [-0.39, 0.29) is 18.0 Å². The van der Waals surface area contributed by atoms with Gasteiger partial charge in [0.05, 0.1) is 0 Å². The van der Waals surface area contributed by atoms with Crippen LogP contribution in [0.1, 0.15) is 12.5 Å². The number of para-hydroxylation sites is 2. The minimum absolute atomic E-state index is 0.0418. The molecule has 1 aromatic heterocycles. The van der Waals surface area contributed by atoms with Crippen LogP contribution in [0.3, 0.4) is 0 Å². The van der Waals surface area contributed by atoms with Crippen LogP contribution in [0, 0.1) is 5.82 Å². The fraction of sp³-hybridized carbons (Fsp3) is 0.417. The molecule has 2 aromatic carbocycles. The fourth-order valence-electron chi connectivity index (χ4n) is 4.45. The van der Waals surface area contributed by atoms with Crippen LogP contribution in [0.25, 0.3) is 10.9 Å². The minimum Gasteiger partial charge on any atom is -0.483 e. The molecule has 5 nitrogen and oxygen atoms in total. The zero-order valence-corrected chi connectivity index (χ0v) is 17.3. The summed E-state index contributed by atoms with van der Waals surface area (Å²) < 4.78 is 25.8. The Labute approximate surface area is 176 Å². The Hall–Kier alpha value is -2.57.